The minimum absolute atomic E-state index is 0.0235. The lowest BCUT2D eigenvalue weighted by Crippen LogP contribution is -2.14. The molecule has 0 amide bonds. The van der Waals surface area contributed by atoms with Gasteiger partial charge in [0.2, 0.25) is 0 Å². The first-order chi connectivity index (χ1) is 8.94. The van der Waals surface area contributed by atoms with Crippen LogP contribution in [-0.2, 0) is 16.6 Å². The Labute approximate surface area is 118 Å². The topological polar surface area (TPSA) is 66.4 Å². The predicted octanol–water partition coefficient (Wildman–Crippen LogP) is 2.83. The summed E-state index contributed by atoms with van der Waals surface area (Å²) in [4.78, 5) is 0. The monoisotopic (exact) mass is 321 g/mol. The minimum atomic E-state index is -3.91. The molecular weight excluding hydrogens is 313 g/mol. The van der Waals surface area contributed by atoms with E-state index >= 15 is 0 Å². The van der Waals surface area contributed by atoms with Crippen molar-refractivity contribution < 1.29 is 17.9 Å². The zero-order valence-corrected chi connectivity index (χ0v) is 11.8. The van der Waals surface area contributed by atoms with Gasteiger partial charge in [0.25, 0.3) is 10.0 Å². The Kier molecular flexibility index (Phi) is 4.10. The van der Waals surface area contributed by atoms with Crippen LogP contribution in [0, 0.1) is 5.82 Å². The number of thiophene rings is 1. The highest BCUT2D eigenvalue weighted by molar-refractivity contribution is 7.94. The number of hydrogen-bond donors (Lipinski definition) is 2. The van der Waals surface area contributed by atoms with Gasteiger partial charge in [-0.05, 0) is 18.2 Å². The summed E-state index contributed by atoms with van der Waals surface area (Å²) < 4.78 is 40.1. The molecule has 2 N–H and O–H groups in total. The van der Waals surface area contributed by atoms with E-state index in [2.05, 4.69) is 4.72 Å². The van der Waals surface area contributed by atoms with Crippen LogP contribution < -0.4 is 4.72 Å². The van der Waals surface area contributed by atoms with Crippen LogP contribution in [0.2, 0.25) is 4.34 Å². The molecule has 1 heterocycles. The number of para-hydroxylation sites is 1. The van der Waals surface area contributed by atoms with Gasteiger partial charge < -0.3 is 5.11 Å². The van der Waals surface area contributed by atoms with Crippen molar-refractivity contribution in [3.05, 3.63) is 46.0 Å². The van der Waals surface area contributed by atoms with E-state index in [1.165, 1.54) is 24.3 Å². The molecule has 19 heavy (non-hydrogen) atoms. The van der Waals surface area contributed by atoms with Crippen LogP contribution in [0.4, 0.5) is 10.1 Å². The zero-order valence-electron chi connectivity index (χ0n) is 9.43. The van der Waals surface area contributed by atoms with Gasteiger partial charge in [0, 0.05) is 5.56 Å². The van der Waals surface area contributed by atoms with Crippen LogP contribution >= 0.6 is 22.9 Å². The van der Waals surface area contributed by atoms with Crippen LogP contribution in [0.3, 0.4) is 0 Å². The molecule has 0 saturated carbocycles. The van der Waals surface area contributed by atoms with Crippen LogP contribution in [0.1, 0.15) is 5.56 Å². The molecule has 2 rings (SSSR count). The lowest BCUT2D eigenvalue weighted by Gasteiger charge is -2.11. The number of sulfonamides is 1. The third kappa shape index (κ3) is 3.06. The second-order valence-electron chi connectivity index (χ2n) is 3.60. The van der Waals surface area contributed by atoms with Crippen LogP contribution in [0.5, 0.6) is 0 Å². The Bertz CT molecular complexity index is 700. The number of aliphatic hydroxyl groups is 1. The van der Waals surface area contributed by atoms with E-state index in [0.29, 0.717) is 4.34 Å². The molecule has 0 unspecified atom stereocenters. The molecule has 1 aromatic heterocycles. The maximum absolute atomic E-state index is 13.6. The average Bonchev–Trinajstić information content (AvgIpc) is 2.79. The van der Waals surface area contributed by atoms with E-state index in [9.17, 15) is 12.8 Å². The fourth-order valence-electron chi connectivity index (χ4n) is 1.44. The number of anilines is 1. The van der Waals surface area contributed by atoms with E-state index in [4.69, 9.17) is 16.7 Å². The number of aliphatic hydroxyl groups excluding tert-OH is 1. The summed E-state index contributed by atoms with van der Waals surface area (Å²) in [5.74, 6) is -0.752. The Hall–Kier alpha value is -1.15. The lowest BCUT2D eigenvalue weighted by atomic mass is 10.2. The number of hydrogen-bond acceptors (Lipinski definition) is 4. The molecule has 0 aliphatic rings. The summed E-state index contributed by atoms with van der Waals surface area (Å²) in [6.45, 7) is -0.471. The summed E-state index contributed by atoms with van der Waals surface area (Å²) in [5.41, 5.74) is -0.0965. The zero-order chi connectivity index (χ0) is 14.0. The van der Waals surface area contributed by atoms with E-state index in [-0.39, 0.29) is 15.5 Å². The van der Waals surface area contributed by atoms with Crippen molar-refractivity contribution in [2.75, 3.05) is 4.72 Å². The number of nitrogens with one attached hydrogen (secondary N) is 1. The number of halogens is 2. The summed E-state index contributed by atoms with van der Waals surface area (Å²) in [5, 5.41) is 9.09. The quantitative estimate of drug-likeness (QED) is 0.910. The maximum Gasteiger partial charge on any atom is 0.271 e. The molecule has 8 heteroatoms. The van der Waals surface area contributed by atoms with Gasteiger partial charge in [-0.15, -0.1) is 11.3 Å². The summed E-state index contributed by atoms with van der Waals surface area (Å²) in [7, 11) is -3.91. The van der Waals surface area contributed by atoms with Gasteiger partial charge >= 0.3 is 0 Å². The molecule has 0 saturated heterocycles. The third-order valence-electron chi connectivity index (χ3n) is 2.32. The highest BCUT2D eigenvalue weighted by atomic mass is 35.5. The first-order valence-electron chi connectivity index (χ1n) is 5.10. The molecule has 0 spiro atoms. The van der Waals surface area contributed by atoms with Gasteiger partial charge in [0.05, 0.1) is 16.6 Å². The third-order valence-corrected chi connectivity index (χ3v) is 5.39. The van der Waals surface area contributed by atoms with Crippen molar-refractivity contribution in [3.8, 4) is 0 Å². The Balaban J connectivity index is 2.41. The van der Waals surface area contributed by atoms with Crippen molar-refractivity contribution in [3.63, 3.8) is 0 Å². The van der Waals surface area contributed by atoms with E-state index in [1.807, 2.05) is 0 Å². The summed E-state index contributed by atoms with van der Waals surface area (Å²) >= 11 is 6.53. The molecule has 0 fully saturated rings. The second-order valence-corrected chi connectivity index (χ2v) is 7.22. The Morgan fingerprint density at radius 3 is 2.63 bits per heavy atom. The van der Waals surface area contributed by atoms with Gasteiger partial charge in [0.15, 0.2) is 0 Å². The molecular formula is C11H9ClFNO3S2. The number of benzene rings is 1. The fourth-order valence-corrected chi connectivity index (χ4v) is 4.03. The van der Waals surface area contributed by atoms with Crippen molar-refractivity contribution >= 4 is 38.6 Å². The predicted molar refractivity (Wildman–Crippen MR) is 72.5 cm³/mol. The van der Waals surface area contributed by atoms with Crippen molar-refractivity contribution in [1.29, 1.82) is 0 Å². The molecule has 1 aromatic carbocycles. The van der Waals surface area contributed by atoms with Gasteiger partial charge in [-0.25, -0.2) is 12.8 Å². The molecule has 0 atom stereocenters. The summed E-state index contributed by atoms with van der Waals surface area (Å²) in [6.07, 6.45) is 0. The lowest BCUT2D eigenvalue weighted by molar-refractivity contribution is 0.282. The normalized spacial score (nSPS) is 11.5. The molecule has 0 bridgehead atoms. The van der Waals surface area contributed by atoms with Gasteiger partial charge in [-0.3, -0.25) is 4.72 Å². The average molecular weight is 322 g/mol. The van der Waals surface area contributed by atoms with E-state index in [0.717, 1.165) is 17.4 Å². The van der Waals surface area contributed by atoms with Crippen molar-refractivity contribution in [2.45, 2.75) is 10.8 Å². The highest BCUT2D eigenvalue weighted by Crippen LogP contribution is 2.29. The molecule has 0 radical (unpaired) electrons. The first-order valence-corrected chi connectivity index (χ1v) is 7.78. The molecule has 102 valence electrons. The second kappa shape index (κ2) is 5.46. The first kappa shape index (κ1) is 14.3. The molecule has 4 nitrogen and oxygen atoms in total. The van der Waals surface area contributed by atoms with Crippen LogP contribution in [-0.4, -0.2) is 13.5 Å². The van der Waals surface area contributed by atoms with Crippen LogP contribution in [0.15, 0.2) is 34.5 Å². The maximum atomic E-state index is 13.6. The SMILES string of the molecule is O=S(=O)(Nc1c(F)cccc1CO)c1ccc(Cl)s1. The smallest absolute Gasteiger partial charge is 0.271 e. The Morgan fingerprint density at radius 1 is 1.32 bits per heavy atom. The van der Waals surface area contributed by atoms with Crippen molar-refractivity contribution in [2.24, 2.45) is 0 Å². The standard InChI is InChI=1S/C11H9ClFNO3S2/c12-9-4-5-10(18-9)19(16,17)14-11-7(6-15)2-1-3-8(11)13/h1-5,14-15H,6H2. The largest absolute Gasteiger partial charge is 0.392 e. The van der Waals surface area contributed by atoms with E-state index in [1.54, 1.807) is 0 Å². The number of rotatable bonds is 4. The molecule has 0 aliphatic carbocycles. The highest BCUT2D eigenvalue weighted by Gasteiger charge is 2.20. The van der Waals surface area contributed by atoms with Gasteiger partial charge in [-0.1, -0.05) is 23.7 Å². The van der Waals surface area contributed by atoms with Gasteiger partial charge in [0.1, 0.15) is 10.0 Å². The Morgan fingerprint density at radius 2 is 2.05 bits per heavy atom. The van der Waals surface area contributed by atoms with Crippen LogP contribution in [0.25, 0.3) is 0 Å². The van der Waals surface area contributed by atoms with Gasteiger partial charge in [-0.2, -0.15) is 0 Å². The van der Waals surface area contributed by atoms with Crippen molar-refractivity contribution in [1.82, 2.24) is 0 Å². The minimum Gasteiger partial charge on any atom is -0.392 e. The summed E-state index contributed by atoms with van der Waals surface area (Å²) in [6, 6.07) is 6.70. The molecule has 2 aromatic rings. The fraction of sp³-hybridized carbons (Fsp3) is 0.0909. The van der Waals surface area contributed by atoms with E-state index < -0.39 is 22.4 Å². The molecule has 0 aliphatic heterocycles.